The third-order valence-electron chi connectivity index (χ3n) is 4.70. The zero-order chi connectivity index (χ0) is 15.4. The number of carbonyl (C=O) groups is 2. The predicted octanol–water partition coefficient (Wildman–Crippen LogP) is 2.20. The van der Waals surface area contributed by atoms with Gasteiger partial charge < -0.3 is 9.47 Å². The van der Waals surface area contributed by atoms with Gasteiger partial charge in [0, 0.05) is 26.2 Å². The Morgan fingerprint density at radius 1 is 1.05 bits per heavy atom. The number of amides is 2. The van der Waals surface area contributed by atoms with E-state index < -0.39 is 0 Å². The van der Waals surface area contributed by atoms with E-state index in [0.29, 0.717) is 32.1 Å². The molecular formula is C16H27NO4. The molecule has 2 unspecified atom stereocenters. The zero-order valence-corrected chi connectivity index (χ0v) is 13.3. The zero-order valence-electron chi connectivity index (χ0n) is 13.3. The second kappa shape index (κ2) is 7.36. The molecule has 1 saturated carbocycles. The number of imide groups is 1. The first kappa shape index (κ1) is 16.4. The third-order valence-corrected chi connectivity index (χ3v) is 4.70. The fraction of sp³-hybridized carbons (Fsp3) is 0.875. The largest absolute Gasteiger partial charge is 0.353 e. The van der Waals surface area contributed by atoms with E-state index in [1.54, 1.807) is 0 Å². The quantitative estimate of drug-likeness (QED) is 0.509. The summed E-state index contributed by atoms with van der Waals surface area (Å²) < 4.78 is 10.9. The van der Waals surface area contributed by atoms with Crippen molar-refractivity contribution in [2.75, 3.05) is 19.8 Å². The van der Waals surface area contributed by atoms with Crippen molar-refractivity contribution in [1.29, 1.82) is 0 Å². The molecule has 0 N–H and O–H groups in total. The van der Waals surface area contributed by atoms with Gasteiger partial charge in [-0.05, 0) is 32.6 Å². The molecule has 120 valence electrons. The van der Waals surface area contributed by atoms with E-state index in [-0.39, 0.29) is 29.9 Å². The highest BCUT2D eigenvalue weighted by atomic mass is 16.7. The van der Waals surface area contributed by atoms with E-state index in [1.165, 1.54) is 4.90 Å². The van der Waals surface area contributed by atoms with Crippen molar-refractivity contribution in [3.8, 4) is 0 Å². The lowest BCUT2D eigenvalue weighted by molar-refractivity contribution is -0.150. The number of carbonyl (C=O) groups excluding carboxylic acids is 2. The van der Waals surface area contributed by atoms with Crippen molar-refractivity contribution in [3.05, 3.63) is 0 Å². The van der Waals surface area contributed by atoms with Crippen molar-refractivity contribution in [1.82, 2.24) is 4.90 Å². The van der Waals surface area contributed by atoms with Gasteiger partial charge in [-0.15, -0.1) is 0 Å². The molecule has 1 aliphatic carbocycles. The highest BCUT2D eigenvalue weighted by molar-refractivity contribution is 6.05. The molecule has 0 spiro atoms. The first-order valence-corrected chi connectivity index (χ1v) is 8.20. The molecule has 5 nitrogen and oxygen atoms in total. The van der Waals surface area contributed by atoms with Gasteiger partial charge in [-0.1, -0.05) is 13.3 Å². The van der Waals surface area contributed by atoms with Gasteiger partial charge in [-0.3, -0.25) is 14.5 Å². The van der Waals surface area contributed by atoms with Crippen molar-refractivity contribution in [2.45, 2.75) is 52.7 Å². The summed E-state index contributed by atoms with van der Waals surface area (Å²) in [7, 11) is 0. The Kier molecular flexibility index (Phi) is 5.76. The van der Waals surface area contributed by atoms with Gasteiger partial charge in [-0.25, -0.2) is 0 Å². The van der Waals surface area contributed by atoms with Crippen LogP contribution >= 0.6 is 0 Å². The fourth-order valence-electron chi connectivity index (χ4n) is 3.57. The molecule has 21 heavy (non-hydrogen) atoms. The number of fused-ring (bicyclic) bond motifs is 1. The Balaban J connectivity index is 1.90. The number of nitrogens with zero attached hydrogens (tertiary/aromatic N) is 1. The van der Waals surface area contributed by atoms with Crippen LogP contribution in [0.2, 0.25) is 0 Å². The summed E-state index contributed by atoms with van der Waals surface area (Å²) in [5.41, 5.74) is 0. The van der Waals surface area contributed by atoms with E-state index in [4.69, 9.17) is 9.47 Å². The Labute approximate surface area is 127 Å². The van der Waals surface area contributed by atoms with E-state index in [9.17, 15) is 9.59 Å². The summed E-state index contributed by atoms with van der Waals surface area (Å²) in [6, 6.07) is 0. The number of ether oxygens (including phenoxy) is 2. The second-order valence-electron chi connectivity index (χ2n) is 5.92. The van der Waals surface area contributed by atoms with Crippen molar-refractivity contribution in [3.63, 3.8) is 0 Å². The van der Waals surface area contributed by atoms with E-state index in [0.717, 1.165) is 19.3 Å². The summed E-state index contributed by atoms with van der Waals surface area (Å²) in [5, 5.41) is 0. The first-order valence-electron chi connectivity index (χ1n) is 8.20. The predicted molar refractivity (Wildman–Crippen MR) is 78.4 cm³/mol. The topological polar surface area (TPSA) is 55.8 Å². The van der Waals surface area contributed by atoms with Crippen LogP contribution < -0.4 is 0 Å². The van der Waals surface area contributed by atoms with Crippen LogP contribution in [0.4, 0.5) is 0 Å². The van der Waals surface area contributed by atoms with Crippen LogP contribution in [0.1, 0.15) is 46.5 Å². The standard InChI is InChI=1S/C16H27NO4/c1-4-11-9-12-13(10-11)16(19)17(15(12)18)8-7-14(20-5-2)21-6-3/h11-14H,4-10H2,1-3H3. The van der Waals surface area contributed by atoms with Crippen molar-refractivity contribution < 1.29 is 19.1 Å². The van der Waals surface area contributed by atoms with Crippen LogP contribution in [0.3, 0.4) is 0 Å². The minimum atomic E-state index is -0.329. The Hall–Kier alpha value is -0.940. The maximum atomic E-state index is 12.4. The number of hydrogen-bond donors (Lipinski definition) is 0. The van der Waals surface area contributed by atoms with Gasteiger partial charge in [0.1, 0.15) is 0 Å². The molecule has 1 heterocycles. The van der Waals surface area contributed by atoms with Crippen LogP contribution in [-0.2, 0) is 19.1 Å². The number of rotatable bonds is 8. The lowest BCUT2D eigenvalue weighted by atomic mass is 10.00. The second-order valence-corrected chi connectivity index (χ2v) is 5.92. The SMILES string of the molecule is CCOC(CCN1C(=O)C2CC(CC)CC2C1=O)OCC. The van der Waals surface area contributed by atoms with Gasteiger partial charge in [0.05, 0.1) is 11.8 Å². The van der Waals surface area contributed by atoms with E-state index in [1.807, 2.05) is 13.8 Å². The van der Waals surface area contributed by atoms with Gasteiger partial charge in [0.15, 0.2) is 6.29 Å². The van der Waals surface area contributed by atoms with Crippen LogP contribution in [-0.4, -0.2) is 42.8 Å². The highest BCUT2D eigenvalue weighted by Crippen LogP contribution is 2.44. The molecule has 1 saturated heterocycles. The Morgan fingerprint density at radius 3 is 2.00 bits per heavy atom. The molecule has 0 bridgehead atoms. The van der Waals surface area contributed by atoms with E-state index in [2.05, 4.69) is 6.92 Å². The van der Waals surface area contributed by atoms with Gasteiger partial charge >= 0.3 is 0 Å². The minimum Gasteiger partial charge on any atom is -0.353 e. The molecule has 0 aromatic carbocycles. The highest BCUT2D eigenvalue weighted by Gasteiger charge is 2.51. The monoisotopic (exact) mass is 297 g/mol. The molecule has 1 aliphatic heterocycles. The molecular weight excluding hydrogens is 270 g/mol. The number of hydrogen-bond acceptors (Lipinski definition) is 4. The maximum Gasteiger partial charge on any atom is 0.233 e. The van der Waals surface area contributed by atoms with Crippen LogP contribution in [0.5, 0.6) is 0 Å². The van der Waals surface area contributed by atoms with Crippen LogP contribution in [0.15, 0.2) is 0 Å². The van der Waals surface area contributed by atoms with Crippen LogP contribution in [0.25, 0.3) is 0 Å². The molecule has 2 fully saturated rings. The molecule has 5 heteroatoms. The summed E-state index contributed by atoms with van der Waals surface area (Å²) in [6.45, 7) is 7.49. The average Bonchev–Trinajstić information content (AvgIpc) is 2.99. The molecule has 2 amide bonds. The normalized spacial score (nSPS) is 28.8. The Morgan fingerprint density at radius 2 is 1.57 bits per heavy atom. The third kappa shape index (κ3) is 3.46. The molecule has 2 rings (SSSR count). The molecule has 0 aromatic rings. The van der Waals surface area contributed by atoms with E-state index >= 15 is 0 Å². The van der Waals surface area contributed by atoms with Gasteiger partial charge in [0.2, 0.25) is 11.8 Å². The summed E-state index contributed by atoms with van der Waals surface area (Å²) in [6.07, 6.45) is 3.04. The van der Waals surface area contributed by atoms with Gasteiger partial charge in [0.25, 0.3) is 0 Å². The summed E-state index contributed by atoms with van der Waals surface area (Å²) in [4.78, 5) is 26.3. The molecule has 2 atom stereocenters. The lowest BCUT2D eigenvalue weighted by Gasteiger charge is -2.21. The van der Waals surface area contributed by atoms with Gasteiger partial charge in [-0.2, -0.15) is 0 Å². The molecule has 0 radical (unpaired) electrons. The lowest BCUT2D eigenvalue weighted by Crippen LogP contribution is -2.35. The fourth-order valence-corrected chi connectivity index (χ4v) is 3.57. The van der Waals surface area contributed by atoms with Crippen molar-refractivity contribution >= 4 is 11.8 Å². The summed E-state index contributed by atoms with van der Waals surface area (Å²) in [5.74, 6) is 0.440. The molecule has 0 aromatic heterocycles. The molecule has 2 aliphatic rings. The Bertz CT molecular complexity index is 354. The first-order chi connectivity index (χ1) is 10.1. The summed E-state index contributed by atoms with van der Waals surface area (Å²) >= 11 is 0. The van der Waals surface area contributed by atoms with Crippen LogP contribution in [0, 0.1) is 17.8 Å². The minimum absolute atomic E-state index is 0.0210. The van der Waals surface area contributed by atoms with Crippen molar-refractivity contribution in [2.24, 2.45) is 17.8 Å². The number of likely N-dealkylation sites (tertiary alicyclic amines) is 1. The maximum absolute atomic E-state index is 12.4. The average molecular weight is 297 g/mol. The smallest absolute Gasteiger partial charge is 0.233 e.